The lowest BCUT2D eigenvalue weighted by Crippen LogP contribution is -2.36. The molecule has 0 aliphatic carbocycles. The molecule has 2 N–H and O–H groups in total. The minimum absolute atomic E-state index is 0.198. The predicted molar refractivity (Wildman–Crippen MR) is 95.8 cm³/mol. The number of fused-ring (bicyclic) bond motifs is 1. The monoisotopic (exact) mass is 332 g/mol. The van der Waals surface area contributed by atoms with Crippen LogP contribution in [0.1, 0.15) is 11.3 Å². The first-order chi connectivity index (χ1) is 12.2. The Morgan fingerprint density at radius 1 is 1.04 bits per heavy atom. The highest BCUT2D eigenvalue weighted by Crippen LogP contribution is 2.38. The maximum absolute atomic E-state index is 13.0. The van der Waals surface area contributed by atoms with Gasteiger partial charge >= 0.3 is 0 Å². The van der Waals surface area contributed by atoms with Gasteiger partial charge in [-0.3, -0.25) is 9.69 Å². The molecule has 0 saturated heterocycles. The molecule has 5 nitrogen and oxygen atoms in total. The summed E-state index contributed by atoms with van der Waals surface area (Å²) in [5.74, 6) is 1.07. The van der Waals surface area contributed by atoms with Crippen molar-refractivity contribution in [2.24, 2.45) is 0 Å². The van der Waals surface area contributed by atoms with Gasteiger partial charge in [0.05, 0.1) is 18.5 Å². The number of hydrogen-bond donors (Lipinski definition) is 1. The van der Waals surface area contributed by atoms with Gasteiger partial charge in [-0.1, -0.05) is 30.3 Å². The van der Waals surface area contributed by atoms with Crippen molar-refractivity contribution in [1.29, 1.82) is 0 Å². The quantitative estimate of drug-likeness (QED) is 0.585. The molecule has 25 heavy (non-hydrogen) atoms. The summed E-state index contributed by atoms with van der Waals surface area (Å²) in [6, 6.07) is 18.6. The van der Waals surface area contributed by atoms with Crippen molar-refractivity contribution < 1.29 is 13.9 Å². The first-order valence-electron chi connectivity index (χ1n) is 7.89. The van der Waals surface area contributed by atoms with Crippen molar-refractivity contribution in [3.05, 3.63) is 84.0 Å². The molecular weight excluding hydrogens is 316 g/mol. The van der Waals surface area contributed by atoms with Crippen molar-refractivity contribution >= 4 is 23.4 Å². The molecule has 0 saturated carbocycles. The van der Waals surface area contributed by atoms with E-state index in [1.165, 1.54) is 0 Å². The smallest absolute Gasteiger partial charge is 0.294 e. The van der Waals surface area contributed by atoms with Crippen LogP contribution in [0.15, 0.2) is 77.1 Å². The second-order valence-corrected chi connectivity index (χ2v) is 5.73. The van der Waals surface area contributed by atoms with E-state index in [1.54, 1.807) is 47.6 Å². The Morgan fingerprint density at radius 3 is 2.64 bits per heavy atom. The number of amides is 1. The molecule has 2 heterocycles. The molecule has 1 aromatic heterocycles. The van der Waals surface area contributed by atoms with Gasteiger partial charge in [-0.15, -0.1) is 0 Å². The second kappa shape index (κ2) is 6.20. The highest BCUT2D eigenvalue weighted by molar-refractivity contribution is 6.09. The van der Waals surface area contributed by atoms with Gasteiger partial charge in [-0.25, -0.2) is 0 Å². The van der Waals surface area contributed by atoms with Crippen LogP contribution in [0.2, 0.25) is 0 Å². The molecule has 1 aliphatic heterocycles. The number of nitrogen functional groups attached to an aromatic ring is 1. The minimum atomic E-state index is -0.225. The Labute approximate surface area is 144 Å². The summed E-state index contributed by atoms with van der Waals surface area (Å²) in [7, 11) is 0. The van der Waals surface area contributed by atoms with Gasteiger partial charge in [-0.2, -0.15) is 0 Å². The second-order valence-electron chi connectivity index (χ2n) is 5.73. The lowest BCUT2D eigenvalue weighted by Gasteiger charge is -2.30. The molecular formula is C20H16N2O3. The third-order valence-corrected chi connectivity index (χ3v) is 3.95. The lowest BCUT2D eigenvalue weighted by atomic mass is 10.1. The van der Waals surface area contributed by atoms with Crippen molar-refractivity contribution in [2.75, 3.05) is 10.6 Å². The average Bonchev–Trinajstić information content (AvgIpc) is 3.12. The zero-order valence-electron chi connectivity index (χ0n) is 13.4. The summed E-state index contributed by atoms with van der Waals surface area (Å²) in [6.45, 7) is 0.440. The molecule has 5 heteroatoms. The van der Waals surface area contributed by atoms with Gasteiger partial charge in [0, 0.05) is 17.8 Å². The number of hydrogen-bond acceptors (Lipinski definition) is 4. The summed E-state index contributed by atoms with van der Waals surface area (Å²) in [6.07, 6.45) is 3.14. The van der Waals surface area contributed by atoms with Crippen LogP contribution < -0.4 is 15.4 Å². The molecule has 0 spiro atoms. The Hall–Kier alpha value is -3.47. The third kappa shape index (κ3) is 2.99. The summed E-state index contributed by atoms with van der Waals surface area (Å²) in [4.78, 5) is 14.6. The molecule has 0 bridgehead atoms. The third-order valence-electron chi connectivity index (χ3n) is 3.95. The Bertz CT molecular complexity index is 931. The molecule has 1 amide bonds. The van der Waals surface area contributed by atoms with E-state index in [-0.39, 0.29) is 11.7 Å². The van der Waals surface area contributed by atoms with Gasteiger partial charge in [0.2, 0.25) is 0 Å². The highest BCUT2D eigenvalue weighted by Gasteiger charge is 2.30. The van der Waals surface area contributed by atoms with Gasteiger partial charge in [0.1, 0.15) is 5.76 Å². The number of nitrogens with two attached hydrogens (primary N) is 1. The number of rotatable bonds is 3. The molecule has 3 aromatic rings. The zero-order chi connectivity index (χ0) is 17.2. The molecule has 0 radical (unpaired) electrons. The molecule has 1 aliphatic rings. The molecule has 124 valence electrons. The fourth-order valence-electron chi connectivity index (χ4n) is 2.76. The summed E-state index contributed by atoms with van der Waals surface area (Å²) in [5.41, 5.74) is 8.17. The molecule has 0 fully saturated rings. The fraction of sp³-hybridized carbons (Fsp3) is 0.0500. The van der Waals surface area contributed by atoms with E-state index in [0.717, 1.165) is 5.56 Å². The fourth-order valence-corrected chi connectivity index (χ4v) is 2.76. The molecule has 0 unspecified atom stereocenters. The van der Waals surface area contributed by atoms with Crippen molar-refractivity contribution in [1.82, 2.24) is 0 Å². The van der Waals surface area contributed by atoms with Crippen LogP contribution in [0.3, 0.4) is 0 Å². The maximum atomic E-state index is 13.0. The van der Waals surface area contributed by atoms with Crippen molar-refractivity contribution in [3.63, 3.8) is 0 Å². The van der Waals surface area contributed by atoms with Crippen LogP contribution in [0.25, 0.3) is 6.08 Å². The van der Waals surface area contributed by atoms with E-state index in [9.17, 15) is 4.79 Å². The summed E-state index contributed by atoms with van der Waals surface area (Å²) in [5, 5.41) is 0. The number of nitrogens with zero attached hydrogens (tertiary/aromatic N) is 1. The van der Waals surface area contributed by atoms with Gasteiger partial charge in [0.15, 0.2) is 11.5 Å². The standard InChI is InChI=1S/C20H16N2O3/c21-15-8-9-17-18(11-15)25-19(12-16-7-4-10-24-16)20(23)22(17)13-14-5-2-1-3-6-14/h1-12H,13,21H2/b19-12+. The average molecular weight is 332 g/mol. The Kier molecular flexibility index (Phi) is 3.74. The maximum Gasteiger partial charge on any atom is 0.294 e. The number of carbonyl (C=O) groups excluding carboxylic acids is 1. The van der Waals surface area contributed by atoms with Crippen LogP contribution >= 0.6 is 0 Å². The van der Waals surface area contributed by atoms with Gasteiger partial charge in [-0.05, 0) is 29.8 Å². The van der Waals surface area contributed by atoms with E-state index < -0.39 is 0 Å². The van der Waals surface area contributed by atoms with Crippen molar-refractivity contribution in [3.8, 4) is 5.75 Å². The van der Waals surface area contributed by atoms with Crippen LogP contribution in [0.5, 0.6) is 5.75 Å². The van der Waals surface area contributed by atoms with E-state index in [2.05, 4.69) is 0 Å². The number of furan rings is 1. The van der Waals surface area contributed by atoms with E-state index >= 15 is 0 Å². The van der Waals surface area contributed by atoms with Gasteiger partial charge < -0.3 is 14.9 Å². The molecule has 4 rings (SSSR count). The van der Waals surface area contributed by atoms with Crippen LogP contribution in [-0.2, 0) is 11.3 Å². The number of ether oxygens (including phenoxy) is 1. The Morgan fingerprint density at radius 2 is 1.88 bits per heavy atom. The number of benzene rings is 2. The zero-order valence-corrected chi connectivity index (χ0v) is 13.4. The minimum Gasteiger partial charge on any atom is -0.465 e. The molecule has 2 aromatic carbocycles. The summed E-state index contributed by atoms with van der Waals surface area (Å²) >= 11 is 0. The van der Waals surface area contributed by atoms with Crippen LogP contribution in [-0.4, -0.2) is 5.91 Å². The normalized spacial score (nSPS) is 15.1. The largest absolute Gasteiger partial charge is 0.465 e. The van der Waals surface area contributed by atoms with Gasteiger partial charge in [0.25, 0.3) is 5.91 Å². The first kappa shape index (κ1) is 15.1. The van der Waals surface area contributed by atoms with Crippen molar-refractivity contribution in [2.45, 2.75) is 6.54 Å². The van der Waals surface area contributed by atoms with Crippen LogP contribution in [0, 0.1) is 0 Å². The van der Waals surface area contributed by atoms with E-state index in [1.807, 2.05) is 30.3 Å². The highest BCUT2D eigenvalue weighted by atomic mass is 16.5. The predicted octanol–water partition coefficient (Wildman–Crippen LogP) is 3.83. The van der Waals surface area contributed by atoms with Crippen LogP contribution in [0.4, 0.5) is 11.4 Å². The number of anilines is 2. The molecule has 0 atom stereocenters. The first-order valence-corrected chi connectivity index (χ1v) is 7.89. The number of carbonyl (C=O) groups is 1. The lowest BCUT2D eigenvalue weighted by molar-refractivity contribution is -0.117. The Balaban J connectivity index is 1.76. The van der Waals surface area contributed by atoms with E-state index in [4.69, 9.17) is 14.9 Å². The summed E-state index contributed by atoms with van der Waals surface area (Å²) < 4.78 is 11.1. The SMILES string of the molecule is Nc1ccc2c(c1)O/C(=C/c1ccco1)C(=O)N2Cc1ccccc1. The topological polar surface area (TPSA) is 68.7 Å². The van der Waals surface area contributed by atoms with E-state index in [0.29, 0.717) is 29.4 Å².